The zero-order valence-corrected chi connectivity index (χ0v) is 17.1. The summed E-state index contributed by atoms with van der Waals surface area (Å²) in [5.41, 5.74) is 1.37. The molecular weight excluding hydrogens is 390 g/mol. The van der Waals surface area contributed by atoms with E-state index >= 15 is 0 Å². The predicted molar refractivity (Wildman–Crippen MR) is 114 cm³/mol. The van der Waals surface area contributed by atoms with E-state index in [-0.39, 0.29) is 23.8 Å². The first-order valence-electron chi connectivity index (χ1n) is 9.33. The number of oxazole rings is 1. The van der Waals surface area contributed by atoms with E-state index in [1.807, 2.05) is 39.0 Å². The van der Waals surface area contributed by atoms with Crippen LogP contribution in [-0.2, 0) is 6.54 Å². The van der Waals surface area contributed by atoms with Crippen LogP contribution in [0.5, 0.6) is 0 Å². The highest BCUT2D eigenvalue weighted by molar-refractivity contribution is 6.30. The van der Waals surface area contributed by atoms with Crippen molar-refractivity contribution < 1.29 is 4.42 Å². The monoisotopic (exact) mass is 409 g/mol. The molecule has 0 bridgehead atoms. The lowest BCUT2D eigenvalue weighted by Crippen LogP contribution is -2.41. The molecule has 0 saturated carbocycles. The van der Waals surface area contributed by atoms with Crippen LogP contribution in [0.25, 0.3) is 22.4 Å². The smallest absolute Gasteiger partial charge is 0.332 e. The SMILES string of the molecule is Cc1oc(-c2ccc(Cl)cc2)nc1Cn1c(=O)n(C(C)C)c(=O)c2ccccc21. The number of aryl methyl sites for hydroxylation is 1. The Labute approximate surface area is 172 Å². The van der Waals surface area contributed by atoms with Crippen LogP contribution in [0.2, 0.25) is 5.02 Å². The fourth-order valence-electron chi connectivity index (χ4n) is 3.39. The van der Waals surface area contributed by atoms with Crippen molar-refractivity contribution in [3.05, 3.63) is 85.8 Å². The van der Waals surface area contributed by atoms with Crippen LogP contribution in [0.1, 0.15) is 31.3 Å². The van der Waals surface area contributed by atoms with Crippen molar-refractivity contribution >= 4 is 22.5 Å². The van der Waals surface area contributed by atoms with Crippen molar-refractivity contribution in [3.63, 3.8) is 0 Å². The first-order chi connectivity index (χ1) is 13.9. The van der Waals surface area contributed by atoms with Crippen molar-refractivity contribution in [3.8, 4) is 11.5 Å². The number of halogens is 1. The van der Waals surface area contributed by atoms with Gasteiger partial charge in [-0.15, -0.1) is 0 Å². The maximum absolute atomic E-state index is 13.1. The van der Waals surface area contributed by atoms with Crippen molar-refractivity contribution in [1.29, 1.82) is 0 Å². The maximum atomic E-state index is 13.1. The molecule has 2 aromatic heterocycles. The summed E-state index contributed by atoms with van der Waals surface area (Å²) >= 11 is 5.95. The van der Waals surface area contributed by atoms with E-state index in [9.17, 15) is 9.59 Å². The van der Waals surface area contributed by atoms with Crippen molar-refractivity contribution in [2.24, 2.45) is 0 Å². The van der Waals surface area contributed by atoms with Gasteiger partial charge in [-0.05, 0) is 57.2 Å². The van der Waals surface area contributed by atoms with Gasteiger partial charge in [0.25, 0.3) is 5.56 Å². The third-order valence-corrected chi connectivity index (χ3v) is 5.14. The molecule has 2 aromatic carbocycles. The van der Waals surface area contributed by atoms with E-state index in [1.54, 1.807) is 34.9 Å². The highest BCUT2D eigenvalue weighted by Gasteiger charge is 2.18. The molecule has 2 heterocycles. The van der Waals surface area contributed by atoms with Gasteiger partial charge in [0.15, 0.2) is 0 Å². The Kier molecular flexibility index (Phi) is 4.88. The van der Waals surface area contributed by atoms with Crippen LogP contribution >= 0.6 is 11.6 Å². The third kappa shape index (κ3) is 3.40. The molecule has 0 amide bonds. The van der Waals surface area contributed by atoms with Gasteiger partial charge in [-0.1, -0.05) is 23.7 Å². The number of rotatable bonds is 4. The van der Waals surface area contributed by atoms with Gasteiger partial charge >= 0.3 is 5.69 Å². The van der Waals surface area contributed by atoms with Crippen LogP contribution in [0, 0.1) is 6.92 Å². The van der Waals surface area contributed by atoms with E-state index in [0.29, 0.717) is 33.3 Å². The number of aromatic nitrogens is 3. The summed E-state index contributed by atoms with van der Waals surface area (Å²) in [4.78, 5) is 30.5. The Hall–Kier alpha value is -3.12. The minimum absolute atomic E-state index is 0.204. The second-order valence-corrected chi connectivity index (χ2v) is 7.62. The zero-order valence-electron chi connectivity index (χ0n) is 16.3. The molecule has 6 nitrogen and oxygen atoms in total. The van der Waals surface area contributed by atoms with E-state index in [4.69, 9.17) is 16.0 Å². The zero-order chi connectivity index (χ0) is 20.7. The number of para-hydroxylation sites is 1. The van der Waals surface area contributed by atoms with Crippen molar-refractivity contribution in [2.75, 3.05) is 0 Å². The van der Waals surface area contributed by atoms with Crippen LogP contribution in [0.15, 0.2) is 62.5 Å². The number of hydrogen-bond acceptors (Lipinski definition) is 4. The molecule has 148 valence electrons. The average Bonchev–Trinajstić information content (AvgIpc) is 3.06. The lowest BCUT2D eigenvalue weighted by Gasteiger charge is -2.15. The van der Waals surface area contributed by atoms with Crippen LogP contribution in [-0.4, -0.2) is 14.1 Å². The Morgan fingerprint density at radius 1 is 1.07 bits per heavy atom. The molecule has 29 heavy (non-hydrogen) atoms. The highest BCUT2D eigenvalue weighted by Crippen LogP contribution is 2.24. The topological polar surface area (TPSA) is 70.0 Å². The van der Waals surface area contributed by atoms with Crippen LogP contribution in [0.3, 0.4) is 0 Å². The summed E-state index contributed by atoms with van der Waals surface area (Å²) in [6.07, 6.45) is 0. The Balaban J connectivity index is 1.86. The van der Waals surface area contributed by atoms with Gasteiger partial charge in [0.05, 0.1) is 17.4 Å². The third-order valence-electron chi connectivity index (χ3n) is 4.89. The van der Waals surface area contributed by atoms with E-state index in [2.05, 4.69) is 4.98 Å². The minimum Gasteiger partial charge on any atom is -0.441 e. The van der Waals surface area contributed by atoms with Crippen LogP contribution < -0.4 is 11.2 Å². The molecule has 0 spiro atoms. The van der Waals surface area contributed by atoms with Gasteiger partial charge in [0, 0.05) is 16.6 Å². The van der Waals surface area contributed by atoms with Gasteiger partial charge in [0.2, 0.25) is 5.89 Å². The molecule has 4 aromatic rings. The van der Waals surface area contributed by atoms with Gasteiger partial charge in [0.1, 0.15) is 11.5 Å². The second-order valence-electron chi connectivity index (χ2n) is 7.18. The first kappa shape index (κ1) is 19.2. The molecule has 0 fully saturated rings. The summed E-state index contributed by atoms with van der Waals surface area (Å²) in [5, 5.41) is 1.13. The largest absolute Gasteiger partial charge is 0.441 e. The fraction of sp³-hybridized carbons (Fsp3) is 0.227. The Morgan fingerprint density at radius 2 is 1.76 bits per heavy atom. The molecule has 0 unspecified atom stereocenters. The highest BCUT2D eigenvalue weighted by atomic mass is 35.5. The second kappa shape index (κ2) is 7.37. The van der Waals surface area contributed by atoms with Gasteiger partial charge in [-0.3, -0.25) is 13.9 Å². The van der Waals surface area contributed by atoms with Gasteiger partial charge in [-0.2, -0.15) is 0 Å². The number of nitrogens with zero attached hydrogens (tertiary/aromatic N) is 3. The first-order valence-corrected chi connectivity index (χ1v) is 9.71. The molecule has 0 atom stereocenters. The molecule has 0 aliphatic rings. The normalized spacial score (nSPS) is 11.5. The molecule has 0 radical (unpaired) electrons. The van der Waals surface area contributed by atoms with E-state index < -0.39 is 0 Å². The molecule has 0 N–H and O–H groups in total. The quantitative estimate of drug-likeness (QED) is 0.500. The molecular formula is C22H20ClN3O3. The Bertz CT molecular complexity index is 1310. The van der Waals surface area contributed by atoms with Crippen LogP contribution in [0.4, 0.5) is 0 Å². The predicted octanol–water partition coefficient (Wildman–Crippen LogP) is 4.41. The molecule has 4 rings (SSSR count). The standard InChI is InChI=1S/C22H20ClN3O3/c1-13(2)26-21(27)17-6-4-5-7-19(17)25(22(26)28)12-18-14(3)29-20(24-18)15-8-10-16(23)11-9-15/h4-11,13H,12H2,1-3H3. The molecule has 0 aliphatic heterocycles. The lowest BCUT2D eigenvalue weighted by molar-refractivity contribution is 0.517. The Morgan fingerprint density at radius 3 is 2.45 bits per heavy atom. The molecule has 7 heteroatoms. The summed E-state index contributed by atoms with van der Waals surface area (Å²) in [6.45, 7) is 5.66. The lowest BCUT2D eigenvalue weighted by atomic mass is 10.2. The fourth-order valence-corrected chi connectivity index (χ4v) is 3.51. The van der Waals surface area contributed by atoms with Crippen molar-refractivity contribution in [1.82, 2.24) is 14.1 Å². The summed E-state index contributed by atoms with van der Waals surface area (Å²) < 4.78 is 8.68. The van der Waals surface area contributed by atoms with Gasteiger partial charge < -0.3 is 4.42 Å². The summed E-state index contributed by atoms with van der Waals surface area (Å²) in [5.74, 6) is 1.08. The molecule has 0 saturated heterocycles. The number of fused-ring (bicyclic) bond motifs is 1. The average molecular weight is 410 g/mol. The van der Waals surface area contributed by atoms with Crippen molar-refractivity contribution in [2.45, 2.75) is 33.4 Å². The molecule has 0 aliphatic carbocycles. The maximum Gasteiger partial charge on any atom is 0.332 e. The minimum atomic E-state index is -0.362. The number of benzene rings is 2. The van der Waals surface area contributed by atoms with E-state index in [0.717, 1.165) is 5.56 Å². The summed E-state index contributed by atoms with van der Waals surface area (Å²) in [6, 6.07) is 14.1. The van der Waals surface area contributed by atoms with E-state index in [1.165, 1.54) is 4.57 Å². The summed E-state index contributed by atoms with van der Waals surface area (Å²) in [7, 11) is 0. The number of hydrogen-bond donors (Lipinski definition) is 0. The van der Waals surface area contributed by atoms with Gasteiger partial charge in [-0.25, -0.2) is 9.78 Å².